The predicted molar refractivity (Wildman–Crippen MR) is 68.1 cm³/mol. The van der Waals surface area contributed by atoms with E-state index < -0.39 is 10.7 Å². The van der Waals surface area contributed by atoms with Crippen molar-refractivity contribution in [2.45, 2.75) is 38.6 Å². The van der Waals surface area contributed by atoms with Crippen molar-refractivity contribution < 1.29 is 9.31 Å². The minimum absolute atomic E-state index is 0.0350. The highest BCUT2D eigenvalue weighted by Crippen LogP contribution is 2.34. The molecule has 0 heterocycles. The first-order chi connectivity index (χ1) is 8.63. The molecule has 1 aromatic rings. The quantitative estimate of drug-likeness (QED) is 0.656. The van der Waals surface area contributed by atoms with E-state index in [4.69, 9.17) is 0 Å². The Hall–Kier alpha value is -1.65. The smallest absolute Gasteiger partial charge is 0.295 e. The van der Waals surface area contributed by atoms with Crippen molar-refractivity contribution in [2.24, 2.45) is 5.92 Å². The Morgan fingerprint density at radius 1 is 1.50 bits per heavy atom. The van der Waals surface area contributed by atoms with Gasteiger partial charge in [0.15, 0.2) is 5.82 Å². The van der Waals surface area contributed by atoms with Crippen LogP contribution in [0.2, 0.25) is 0 Å². The summed E-state index contributed by atoms with van der Waals surface area (Å²) in [6.45, 7) is 2.10. The van der Waals surface area contributed by atoms with Crippen LogP contribution in [0.1, 0.15) is 32.6 Å². The molecule has 5 heteroatoms. The average molecular weight is 252 g/mol. The van der Waals surface area contributed by atoms with Crippen LogP contribution < -0.4 is 5.32 Å². The largest absolute Gasteiger partial charge is 0.374 e. The van der Waals surface area contributed by atoms with Crippen LogP contribution in [0.25, 0.3) is 0 Å². The molecule has 1 fully saturated rings. The van der Waals surface area contributed by atoms with E-state index in [2.05, 4.69) is 12.2 Å². The van der Waals surface area contributed by atoms with E-state index in [0.29, 0.717) is 5.92 Å². The number of rotatable bonds is 4. The number of nitro benzene ring substituents is 1. The molecular weight excluding hydrogens is 235 g/mol. The van der Waals surface area contributed by atoms with Crippen molar-refractivity contribution in [2.75, 3.05) is 5.32 Å². The Labute approximate surface area is 105 Å². The molecule has 1 aliphatic rings. The van der Waals surface area contributed by atoms with Gasteiger partial charge in [0.2, 0.25) is 0 Å². The van der Waals surface area contributed by atoms with E-state index in [1.807, 2.05) is 0 Å². The number of nitrogens with zero attached hydrogens (tertiary/aromatic N) is 1. The molecule has 2 rings (SSSR count). The summed E-state index contributed by atoms with van der Waals surface area (Å²) in [5.74, 6) is -0.0739. The lowest BCUT2D eigenvalue weighted by atomic mass is 10.0. The number of hydrogen-bond acceptors (Lipinski definition) is 3. The minimum atomic E-state index is -0.550. The second-order valence-corrected chi connectivity index (χ2v) is 4.74. The van der Waals surface area contributed by atoms with Crippen LogP contribution in [0.4, 0.5) is 15.8 Å². The lowest BCUT2D eigenvalue weighted by Crippen LogP contribution is -2.24. The van der Waals surface area contributed by atoms with Crippen molar-refractivity contribution in [1.29, 1.82) is 0 Å². The third kappa shape index (κ3) is 2.44. The molecule has 0 saturated heterocycles. The molecule has 0 radical (unpaired) electrons. The highest BCUT2D eigenvalue weighted by molar-refractivity contribution is 5.62. The van der Waals surface area contributed by atoms with E-state index in [-0.39, 0.29) is 17.4 Å². The summed E-state index contributed by atoms with van der Waals surface area (Å²) in [7, 11) is 0. The maximum absolute atomic E-state index is 13.7. The van der Waals surface area contributed by atoms with Gasteiger partial charge in [-0.05, 0) is 24.8 Å². The number of halogens is 1. The molecule has 1 N–H and O–H groups in total. The van der Waals surface area contributed by atoms with Crippen LogP contribution >= 0.6 is 0 Å². The van der Waals surface area contributed by atoms with Crippen molar-refractivity contribution in [3.8, 4) is 0 Å². The molecule has 2 unspecified atom stereocenters. The maximum Gasteiger partial charge on any atom is 0.295 e. The number of nitrogens with one attached hydrogen (secondary N) is 1. The Morgan fingerprint density at radius 3 is 2.94 bits per heavy atom. The van der Waals surface area contributed by atoms with E-state index in [1.165, 1.54) is 18.2 Å². The van der Waals surface area contributed by atoms with Gasteiger partial charge in [0.1, 0.15) is 5.69 Å². The Morgan fingerprint density at radius 2 is 2.28 bits per heavy atom. The summed E-state index contributed by atoms with van der Waals surface area (Å²) in [6.07, 6.45) is 4.17. The molecule has 0 aromatic heterocycles. The second kappa shape index (κ2) is 5.33. The lowest BCUT2D eigenvalue weighted by Gasteiger charge is -2.20. The van der Waals surface area contributed by atoms with Crippen LogP contribution in [-0.2, 0) is 0 Å². The first-order valence-electron chi connectivity index (χ1n) is 6.33. The fourth-order valence-corrected chi connectivity index (χ4v) is 2.71. The van der Waals surface area contributed by atoms with Crippen LogP contribution in [0.15, 0.2) is 18.2 Å². The zero-order valence-electron chi connectivity index (χ0n) is 10.4. The third-order valence-corrected chi connectivity index (χ3v) is 3.70. The molecule has 0 aliphatic heterocycles. The SMILES string of the molecule is CCC1CCCC1Nc1c(F)cccc1[N+](=O)[O-]. The third-order valence-electron chi connectivity index (χ3n) is 3.70. The summed E-state index contributed by atoms with van der Waals surface area (Å²) >= 11 is 0. The van der Waals surface area contributed by atoms with Crippen LogP contribution in [0.3, 0.4) is 0 Å². The van der Waals surface area contributed by atoms with Gasteiger partial charge in [-0.15, -0.1) is 0 Å². The summed E-state index contributed by atoms with van der Waals surface area (Å²) in [4.78, 5) is 10.4. The second-order valence-electron chi connectivity index (χ2n) is 4.74. The monoisotopic (exact) mass is 252 g/mol. The van der Waals surface area contributed by atoms with Crippen LogP contribution in [0.5, 0.6) is 0 Å². The van der Waals surface area contributed by atoms with Gasteiger partial charge in [-0.1, -0.05) is 25.8 Å². The highest BCUT2D eigenvalue weighted by Gasteiger charge is 2.28. The number of anilines is 1. The van der Waals surface area contributed by atoms with Gasteiger partial charge in [-0.25, -0.2) is 4.39 Å². The number of benzene rings is 1. The van der Waals surface area contributed by atoms with Gasteiger partial charge in [-0.3, -0.25) is 10.1 Å². The molecule has 1 aromatic carbocycles. The summed E-state index contributed by atoms with van der Waals surface area (Å²) in [6, 6.07) is 4.10. The van der Waals surface area contributed by atoms with E-state index >= 15 is 0 Å². The molecule has 98 valence electrons. The predicted octanol–water partition coefficient (Wildman–Crippen LogP) is 3.72. The Balaban J connectivity index is 2.25. The first-order valence-corrected chi connectivity index (χ1v) is 6.33. The molecule has 4 nitrogen and oxygen atoms in total. The van der Waals surface area contributed by atoms with Crippen molar-refractivity contribution >= 4 is 11.4 Å². The van der Waals surface area contributed by atoms with Gasteiger partial charge >= 0.3 is 0 Å². The zero-order chi connectivity index (χ0) is 13.1. The molecule has 0 amide bonds. The van der Waals surface area contributed by atoms with E-state index in [1.54, 1.807) is 0 Å². The van der Waals surface area contributed by atoms with Gasteiger partial charge < -0.3 is 5.32 Å². The minimum Gasteiger partial charge on any atom is -0.374 e. The van der Waals surface area contributed by atoms with Crippen molar-refractivity contribution in [1.82, 2.24) is 0 Å². The van der Waals surface area contributed by atoms with Gasteiger partial charge in [0.05, 0.1) is 4.92 Å². The normalized spacial score (nSPS) is 23.0. The summed E-state index contributed by atoms with van der Waals surface area (Å²) in [5.41, 5.74) is -0.149. The van der Waals surface area contributed by atoms with E-state index in [9.17, 15) is 14.5 Å². The molecule has 18 heavy (non-hydrogen) atoms. The first kappa shape index (κ1) is 12.8. The Bertz CT molecular complexity index is 451. The Kier molecular flexibility index (Phi) is 3.79. The summed E-state index contributed by atoms with van der Waals surface area (Å²) in [5, 5.41) is 13.9. The van der Waals surface area contributed by atoms with Crippen molar-refractivity contribution in [3.63, 3.8) is 0 Å². The maximum atomic E-state index is 13.7. The number of hydrogen-bond donors (Lipinski definition) is 1. The van der Waals surface area contributed by atoms with Crippen LogP contribution in [0, 0.1) is 21.8 Å². The molecule has 2 atom stereocenters. The number of para-hydroxylation sites is 1. The fraction of sp³-hybridized carbons (Fsp3) is 0.538. The summed E-state index contributed by atoms with van der Waals surface area (Å²) < 4.78 is 13.7. The molecule has 1 saturated carbocycles. The van der Waals surface area contributed by atoms with Gasteiger partial charge in [0, 0.05) is 12.1 Å². The molecule has 0 bridgehead atoms. The molecular formula is C13H17FN2O2. The number of nitro groups is 1. The fourth-order valence-electron chi connectivity index (χ4n) is 2.71. The highest BCUT2D eigenvalue weighted by atomic mass is 19.1. The van der Waals surface area contributed by atoms with Crippen LogP contribution in [-0.4, -0.2) is 11.0 Å². The topological polar surface area (TPSA) is 55.2 Å². The zero-order valence-corrected chi connectivity index (χ0v) is 10.4. The average Bonchev–Trinajstić information content (AvgIpc) is 2.78. The van der Waals surface area contributed by atoms with Crippen molar-refractivity contribution in [3.05, 3.63) is 34.1 Å². The lowest BCUT2D eigenvalue weighted by molar-refractivity contribution is -0.384. The van der Waals surface area contributed by atoms with Gasteiger partial charge in [-0.2, -0.15) is 0 Å². The standard InChI is InChI=1S/C13H17FN2O2/c1-2-9-5-3-7-11(9)15-13-10(14)6-4-8-12(13)16(17)18/h4,6,8-9,11,15H,2-3,5,7H2,1H3. The molecule has 0 spiro atoms. The molecule has 1 aliphatic carbocycles. The van der Waals surface area contributed by atoms with Gasteiger partial charge in [0.25, 0.3) is 5.69 Å². The van der Waals surface area contributed by atoms with E-state index in [0.717, 1.165) is 25.7 Å².